The zero-order valence-electron chi connectivity index (χ0n) is 12.4. The fourth-order valence-corrected chi connectivity index (χ4v) is 2.49. The zero-order chi connectivity index (χ0) is 16.8. The van der Waals surface area contributed by atoms with Crippen molar-refractivity contribution in [3.8, 4) is 0 Å². The number of rotatable bonds is 3. The van der Waals surface area contributed by atoms with E-state index in [9.17, 15) is 9.18 Å². The number of aromatic nitrogens is 3. The van der Waals surface area contributed by atoms with Crippen LogP contribution < -0.4 is 5.32 Å². The molecule has 0 bridgehead atoms. The number of imidazole rings is 1. The topological polar surface area (TPSA) is 93.2 Å². The molecule has 0 amide bonds. The highest BCUT2D eigenvalue weighted by molar-refractivity contribution is 5.92. The van der Waals surface area contributed by atoms with Crippen molar-refractivity contribution in [2.75, 3.05) is 5.32 Å². The summed E-state index contributed by atoms with van der Waals surface area (Å²) >= 11 is 0. The van der Waals surface area contributed by atoms with Gasteiger partial charge in [0.2, 0.25) is 5.95 Å². The molecule has 0 aliphatic carbocycles. The number of oxazole rings is 1. The van der Waals surface area contributed by atoms with Crippen molar-refractivity contribution in [1.82, 2.24) is 14.5 Å². The Bertz CT molecular complexity index is 1100. The molecule has 0 saturated carbocycles. The minimum Gasteiger partial charge on any atom is -0.478 e. The summed E-state index contributed by atoms with van der Waals surface area (Å²) in [6.45, 7) is 0. The predicted molar refractivity (Wildman–Crippen MR) is 84.9 cm³/mol. The molecule has 2 aromatic heterocycles. The Morgan fingerprint density at radius 3 is 2.83 bits per heavy atom. The Labute approximate surface area is 134 Å². The maximum Gasteiger partial charge on any atom is 0.335 e. The van der Waals surface area contributed by atoms with Crippen LogP contribution in [0.25, 0.3) is 22.1 Å². The monoisotopic (exact) mass is 326 g/mol. The van der Waals surface area contributed by atoms with Gasteiger partial charge >= 0.3 is 12.0 Å². The molecule has 0 spiro atoms. The highest BCUT2D eigenvalue weighted by atomic mass is 19.1. The first kappa shape index (κ1) is 14.2. The number of carboxylic acids is 1. The molecule has 2 aromatic carbocycles. The van der Waals surface area contributed by atoms with Gasteiger partial charge in [-0.2, -0.15) is 4.98 Å². The van der Waals surface area contributed by atoms with Gasteiger partial charge in [-0.25, -0.2) is 14.2 Å². The van der Waals surface area contributed by atoms with Crippen molar-refractivity contribution < 1.29 is 18.7 Å². The molecule has 2 heterocycles. The molecule has 0 radical (unpaired) electrons. The van der Waals surface area contributed by atoms with Crippen LogP contribution in [0.3, 0.4) is 0 Å². The number of halogens is 1. The second-order valence-corrected chi connectivity index (χ2v) is 5.26. The fraction of sp³-hybridized carbons (Fsp3) is 0.0625. The van der Waals surface area contributed by atoms with Crippen LogP contribution in [0.2, 0.25) is 0 Å². The smallest absolute Gasteiger partial charge is 0.335 e. The Balaban J connectivity index is 1.73. The largest absolute Gasteiger partial charge is 0.478 e. The van der Waals surface area contributed by atoms with Gasteiger partial charge in [0, 0.05) is 13.1 Å². The molecular weight excluding hydrogens is 315 g/mol. The molecule has 0 fully saturated rings. The van der Waals surface area contributed by atoms with E-state index in [0.717, 1.165) is 5.52 Å². The highest BCUT2D eigenvalue weighted by Gasteiger charge is 2.13. The molecule has 2 N–H and O–H groups in total. The van der Waals surface area contributed by atoms with E-state index in [1.54, 1.807) is 23.7 Å². The summed E-state index contributed by atoms with van der Waals surface area (Å²) in [7, 11) is 1.78. The first-order chi connectivity index (χ1) is 11.5. The van der Waals surface area contributed by atoms with Crippen LogP contribution in [-0.2, 0) is 7.05 Å². The molecule has 0 atom stereocenters. The number of anilines is 2. The summed E-state index contributed by atoms with van der Waals surface area (Å²) in [5, 5.41) is 11.9. The normalized spacial score (nSPS) is 11.2. The van der Waals surface area contributed by atoms with Gasteiger partial charge in [-0.15, -0.1) is 0 Å². The molecule has 0 aliphatic rings. The first-order valence-electron chi connectivity index (χ1n) is 7.04. The van der Waals surface area contributed by atoms with E-state index >= 15 is 0 Å². The average molecular weight is 326 g/mol. The van der Waals surface area contributed by atoms with Gasteiger partial charge in [-0.05, 0) is 30.3 Å². The van der Waals surface area contributed by atoms with E-state index in [0.29, 0.717) is 22.6 Å². The zero-order valence-corrected chi connectivity index (χ0v) is 12.4. The van der Waals surface area contributed by atoms with E-state index in [1.165, 1.54) is 24.3 Å². The molecule has 0 aliphatic heterocycles. The quantitative estimate of drug-likeness (QED) is 0.600. The van der Waals surface area contributed by atoms with E-state index in [1.807, 2.05) is 0 Å². The van der Waals surface area contributed by atoms with Crippen LogP contribution in [0, 0.1) is 5.82 Å². The lowest BCUT2D eigenvalue weighted by Crippen LogP contribution is -1.99. The van der Waals surface area contributed by atoms with E-state index in [2.05, 4.69) is 15.3 Å². The molecule has 24 heavy (non-hydrogen) atoms. The molecule has 120 valence electrons. The number of hydrogen-bond donors (Lipinski definition) is 2. The number of nitrogens with zero attached hydrogens (tertiary/aromatic N) is 3. The second-order valence-electron chi connectivity index (χ2n) is 5.26. The van der Waals surface area contributed by atoms with Crippen molar-refractivity contribution in [3.63, 3.8) is 0 Å². The van der Waals surface area contributed by atoms with Crippen molar-refractivity contribution in [2.45, 2.75) is 0 Å². The molecule has 4 rings (SSSR count). The van der Waals surface area contributed by atoms with E-state index in [4.69, 9.17) is 9.52 Å². The third kappa shape index (κ3) is 2.24. The van der Waals surface area contributed by atoms with E-state index < -0.39 is 5.97 Å². The van der Waals surface area contributed by atoms with E-state index in [-0.39, 0.29) is 17.4 Å². The maximum absolute atomic E-state index is 13.3. The Morgan fingerprint density at radius 2 is 2.04 bits per heavy atom. The van der Waals surface area contributed by atoms with Crippen LogP contribution in [0.4, 0.5) is 16.4 Å². The average Bonchev–Trinajstić information content (AvgIpc) is 3.07. The Morgan fingerprint density at radius 1 is 1.21 bits per heavy atom. The van der Waals surface area contributed by atoms with Gasteiger partial charge in [-0.3, -0.25) is 5.32 Å². The summed E-state index contributed by atoms with van der Waals surface area (Å²) in [4.78, 5) is 19.5. The SMILES string of the molecule is Cn1c(Nc2nc3cc(C(=O)O)ccc3o2)nc2cc(F)ccc21. The minimum atomic E-state index is -1.04. The lowest BCUT2D eigenvalue weighted by atomic mass is 10.2. The molecular formula is C16H11FN4O3. The number of benzene rings is 2. The number of aromatic carboxylic acids is 1. The third-order valence-corrected chi connectivity index (χ3v) is 3.70. The molecule has 0 unspecified atom stereocenters. The summed E-state index contributed by atoms with van der Waals surface area (Å²) in [6.07, 6.45) is 0. The second kappa shape index (κ2) is 5.05. The highest BCUT2D eigenvalue weighted by Crippen LogP contribution is 2.25. The van der Waals surface area contributed by atoms with Crippen molar-refractivity contribution in [2.24, 2.45) is 7.05 Å². The van der Waals surface area contributed by atoms with Gasteiger partial charge in [0.1, 0.15) is 11.3 Å². The first-order valence-corrected chi connectivity index (χ1v) is 7.04. The van der Waals surface area contributed by atoms with Gasteiger partial charge in [0.05, 0.1) is 16.6 Å². The predicted octanol–water partition coefficient (Wildman–Crippen LogP) is 3.30. The number of fused-ring (bicyclic) bond motifs is 2. The summed E-state index contributed by atoms with van der Waals surface area (Å²) in [6, 6.07) is 8.92. The number of hydrogen-bond acceptors (Lipinski definition) is 5. The number of aryl methyl sites for hydroxylation is 1. The van der Waals surface area contributed by atoms with Crippen LogP contribution in [-0.4, -0.2) is 25.6 Å². The molecule has 8 heteroatoms. The fourth-order valence-electron chi connectivity index (χ4n) is 2.49. The van der Waals surface area contributed by atoms with Gasteiger partial charge in [-0.1, -0.05) is 0 Å². The van der Waals surface area contributed by atoms with Crippen LogP contribution in [0.15, 0.2) is 40.8 Å². The molecule has 4 aromatic rings. The summed E-state index contributed by atoms with van der Waals surface area (Å²) < 4.78 is 20.6. The summed E-state index contributed by atoms with van der Waals surface area (Å²) in [5.41, 5.74) is 2.25. The maximum atomic E-state index is 13.3. The Kier molecular flexibility index (Phi) is 2.99. The third-order valence-electron chi connectivity index (χ3n) is 3.70. The lowest BCUT2D eigenvalue weighted by molar-refractivity contribution is 0.0697. The van der Waals surface area contributed by atoms with Crippen LogP contribution in [0.5, 0.6) is 0 Å². The molecule has 0 saturated heterocycles. The van der Waals surface area contributed by atoms with Gasteiger partial charge < -0.3 is 14.1 Å². The van der Waals surface area contributed by atoms with Crippen LogP contribution >= 0.6 is 0 Å². The lowest BCUT2D eigenvalue weighted by Gasteiger charge is -2.01. The number of carboxylic acid groups (broad SMARTS) is 1. The minimum absolute atomic E-state index is 0.126. The number of carbonyl (C=O) groups is 1. The Hall–Kier alpha value is -3.42. The van der Waals surface area contributed by atoms with Gasteiger partial charge in [0.25, 0.3) is 0 Å². The van der Waals surface area contributed by atoms with Crippen molar-refractivity contribution >= 4 is 40.1 Å². The standard InChI is InChI=1S/C16H11FN4O3/c1-21-12-4-3-9(17)7-10(12)18-15(21)20-16-19-11-6-8(14(22)23)2-5-13(11)24-16/h2-7H,1H3,(H,22,23)(H,18,19,20). The van der Waals surface area contributed by atoms with Crippen LogP contribution in [0.1, 0.15) is 10.4 Å². The molecule has 7 nitrogen and oxygen atoms in total. The number of nitrogens with one attached hydrogen (secondary N) is 1. The van der Waals surface area contributed by atoms with Crippen molar-refractivity contribution in [1.29, 1.82) is 0 Å². The van der Waals surface area contributed by atoms with Crippen molar-refractivity contribution in [3.05, 3.63) is 47.8 Å². The van der Waals surface area contributed by atoms with Gasteiger partial charge in [0.15, 0.2) is 5.58 Å². The summed E-state index contributed by atoms with van der Waals surface area (Å²) in [5.74, 6) is -0.970.